The van der Waals surface area contributed by atoms with Crippen LogP contribution in [0.4, 0.5) is 5.82 Å². The SMILES string of the molecule is Cc1cncc(N2CCCN(C(=O)c3ccc(Cl)cc3)CC2)n1. The first kappa shape index (κ1) is 15.7. The summed E-state index contributed by atoms with van der Waals surface area (Å²) in [6, 6.07) is 7.06. The van der Waals surface area contributed by atoms with E-state index >= 15 is 0 Å². The van der Waals surface area contributed by atoms with E-state index in [1.807, 2.05) is 11.8 Å². The van der Waals surface area contributed by atoms with Gasteiger partial charge in [0.1, 0.15) is 5.82 Å². The highest BCUT2D eigenvalue weighted by atomic mass is 35.5. The number of aryl methyl sites for hydroxylation is 1. The number of carbonyl (C=O) groups is 1. The van der Waals surface area contributed by atoms with Crippen LogP contribution in [0.5, 0.6) is 0 Å². The predicted octanol–water partition coefficient (Wildman–Crippen LogP) is 2.79. The van der Waals surface area contributed by atoms with Crippen LogP contribution < -0.4 is 4.90 Å². The third-order valence-electron chi connectivity index (χ3n) is 3.94. The van der Waals surface area contributed by atoms with Gasteiger partial charge in [0, 0.05) is 43.0 Å². The van der Waals surface area contributed by atoms with Crippen molar-refractivity contribution in [2.45, 2.75) is 13.3 Å². The number of nitrogens with zero attached hydrogens (tertiary/aromatic N) is 4. The second kappa shape index (κ2) is 6.96. The Morgan fingerprint density at radius 3 is 2.61 bits per heavy atom. The first-order valence-electron chi connectivity index (χ1n) is 7.72. The molecule has 1 aliphatic heterocycles. The number of anilines is 1. The Hall–Kier alpha value is -2.14. The van der Waals surface area contributed by atoms with Gasteiger partial charge in [0.2, 0.25) is 0 Å². The van der Waals surface area contributed by atoms with Crippen molar-refractivity contribution in [3.8, 4) is 0 Å². The molecule has 1 aromatic carbocycles. The Morgan fingerprint density at radius 2 is 1.87 bits per heavy atom. The van der Waals surface area contributed by atoms with Gasteiger partial charge in [-0.05, 0) is 37.6 Å². The van der Waals surface area contributed by atoms with Gasteiger partial charge in [0.05, 0.1) is 11.9 Å². The Bertz CT molecular complexity index is 689. The molecule has 1 aliphatic rings. The number of benzene rings is 1. The second-order valence-electron chi connectivity index (χ2n) is 5.66. The maximum absolute atomic E-state index is 12.6. The van der Waals surface area contributed by atoms with E-state index in [2.05, 4.69) is 14.9 Å². The highest BCUT2D eigenvalue weighted by Crippen LogP contribution is 2.16. The average molecular weight is 331 g/mol. The Morgan fingerprint density at radius 1 is 1.09 bits per heavy atom. The van der Waals surface area contributed by atoms with Gasteiger partial charge >= 0.3 is 0 Å². The van der Waals surface area contributed by atoms with Gasteiger partial charge in [0.25, 0.3) is 5.91 Å². The number of amides is 1. The minimum atomic E-state index is 0.0545. The smallest absolute Gasteiger partial charge is 0.253 e. The van der Waals surface area contributed by atoms with Crippen LogP contribution in [0.2, 0.25) is 5.02 Å². The zero-order valence-corrected chi connectivity index (χ0v) is 13.8. The summed E-state index contributed by atoms with van der Waals surface area (Å²) in [4.78, 5) is 25.4. The third-order valence-corrected chi connectivity index (χ3v) is 4.19. The molecule has 2 aromatic rings. The number of carbonyl (C=O) groups excluding carboxylic acids is 1. The summed E-state index contributed by atoms with van der Waals surface area (Å²) < 4.78 is 0. The van der Waals surface area contributed by atoms with E-state index < -0.39 is 0 Å². The van der Waals surface area contributed by atoms with Crippen LogP contribution >= 0.6 is 11.6 Å². The van der Waals surface area contributed by atoms with E-state index in [0.717, 1.165) is 37.6 Å². The molecule has 0 bridgehead atoms. The molecule has 1 amide bonds. The average Bonchev–Trinajstić information content (AvgIpc) is 2.81. The van der Waals surface area contributed by atoms with Gasteiger partial charge in [-0.3, -0.25) is 9.78 Å². The van der Waals surface area contributed by atoms with Gasteiger partial charge in [-0.1, -0.05) is 11.6 Å². The fourth-order valence-electron chi connectivity index (χ4n) is 2.73. The minimum absolute atomic E-state index is 0.0545. The normalized spacial score (nSPS) is 15.4. The van der Waals surface area contributed by atoms with Crippen molar-refractivity contribution in [1.82, 2.24) is 14.9 Å². The summed E-state index contributed by atoms with van der Waals surface area (Å²) in [6.45, 7) is 5.00. The lowest BCUT2D eigenvalue weighted by Gasteiger charge is -2.23. The maximum atomic E-state index is 12.6. The molecule has 2 heterocycles. The summed E-state index contributed by atoms with van der Waals surface area (Å²) >= 11 is 5.88. The molecule has 0 saturated carbocycles. The monoisotopic (exact) mass is 330 g/mol. The number of halogens is 1. The molecule has 0 N–H and O–H groups in total. The second-order valence-corrected chi connectivity index (χ2v) is 6.09. The standard InChI is InChI=1S/C17H19ClN4O/c1-13-11-19-12-16(20-13)21-7-2-8-22(10-9-21)17(23)14-3-5-15(18)6-4-14/h3-6,11-12H,2,7-10H2,1H3. The van der Waals surface area contributed by atoms with Crippen LogP contribution in [0.1, 0.15) is 22.5 Å². The molecule has 3 rings (SSSR count). The number of aromatic nitrogens is 2. The van der Waals surface area contributed by atoms with E-state index in [4.69, 9.17) is 11.6 Å². The van der Waals surface area contributed by atoms with Crippen LogP contribution in [0.15, 0.2) is 36.7 Å². The first-order chi connectivity index (χ1) is 11.1. The molecular weight excluding hydrogens is 312 g/mol. The van der Waals surface area contributed by atoms with E-state index in [9.17, 15) is 4.79 Å². The highest BCUT2D eigenvalue weighted by molar-refractivity contribution is 6.30. The lowest BCUT2D eigenvalue weighted by molar-refractivity contribution is 0.0767. The van der Waals surface area contributed by atoms with Crippen molar-refractivity contribution in [3.05, 3.63) is 52.9 Å². The van der Waals surface area contributed by atoms with E-state index in [-0.39, 0.29) is 5.91 Å². The lowest BCUT2D eigenvalue weighted by atomic mass is 10.2. The predicted molar refractivity (Wildman–Crippen MR) is 91.0 cm³/mol. The summed E-state index contributed by atoms with van der Waals surface area (Å²) in [5.74, 6) is 0.935. The van der Waals surface area contributed by atoms with Crippen molar-refractivity contribution >= 4 is 23.3 Å². The van der Waals surface area contributed by atoms with Gasteiger partial charge in [-0.2, -0.15) is 0 Å². The molecule has 0 atom stereocenters. The van der Waals surface area contributed by atoms with Crippen LogP contribution in [0.25, 0.3) is 0 Å². The van der Waals surface area contributed by atoms with Crippen molar-refractivity contribution in [2.75, 3.05) is 31.1 Å². The van der Waals surface area contributed by atoms with Gasteiger partial charge in [-0.25, -0.2) is 4.98 Å². The molecule has 1 aromatic heterocycles. The zero-order chi connectivity index (χ0) is 16.2. The van der Waals surface area contributed by atoms with Crippen molar-refractivity contribution in [1.29, 1.82) is 0 Å². The summed E-state index contributed by atoms with van der Waals surface area (Å²) in [7, 11) is 0. The van der Waals surface area contributed by atoms with Crippen molar-refractivity contribution < 1.29 is 4.79 Å². The zero-order valence-electron chi connectivity index (χ0n) is 13.1. The molecule has 0 unspecified atom stereocenters. The first-order valence-corrected chi connectivity index (χ1v) is 8.10. The fourth-order valence-corrected chi connectivity index (χ4v) is 2.85. The summed E-state index contributed by atoms with van der Waals surface area (Å²) in [5.41, 5.74) is 1.58. The molecule has 1 fully saturated rings. The third kappa shape index (κ3) is 3.79. The summed E-state index contributed by atoms with van der Waals surface area (Å²) in [6.07, 6.45) is 4.44. The van der Waals surface area contributed by atoms with Crippen LogP contribution in [0.3, 0.4) is 0 Å². The van der Waals surface area contributed by atoms with E-state index in [1.165, 1.54) is 0 Å². The largest absolute Gasteiger partial charge is 0.353 e. The fraction of sp³-hybridized carbons (Fsp3) is 0.353. The molecule has 5 nitrogen and oxygen atoms in total. The lowest BCUT2D eigenvalue weighted by Crippen LogP contribution is -2.35. The number of hydrogen-bond acceptors (Lipinski definition) is 4. The number of hydrogen-bond donors (Lipinski definition) is 0. The van der Waals surface area contributed by atoms with E-state index in [0.29, 0.717) is 17.1 Å². The van der Waals surface area contributed by atoms with Gasteiger partial charge in [0.15, 0.2) is 0 Å². The van der Waals surface area contributed by atoms with Crippen LogP contribution in [-0.4, -0.2) is 47.0 Å². The quantitative estimate of drug-likeness (QED) is 0.849. The van der Waals surface area contributed by atoms with Crippen LogP contribution in [-0.2, 0) is 0 Å². The Kier molecular flexibility index (Phi) is 4.76. The van der Waals surface area contributed by atoms with Crippen molar-refractivity contribution in [2.24, 2.45) is 0 Å². The van der Waals surface area contributed by atoms with E-state index in [1.54, 1.807) is 36.7 Å². The number of rotatable bonds is 2. The molecular formula is C17H19ClN4O. The Labute approximate surface area is 140 Å². The molecule has 0 aliphatic carbocycles. The molecule has 120 valence electrons. The molecule has 23 heavy (non-hydrogen) atoms. The van der Waals surface area contributed by atoms with Gasteiger partial charge < -0.3 is 9.80 Å². The molecule has 0 spiro atoms. The Balaban J connectivity index is 1.68. The van der Waals surface area contributed by atoms with Crippen LogP contribution in [0, 0.1) is 6.92 Å². The highest BCUT2D eigenvalue weighted by Gasteiger charge is 2.21. The topological polar surface area (TPSA) is 49.3 Å². The minimum Gasteiger partial charge on any atom is -0.353 e. The maximum Gasteiger partial charge on any atom is 0.253 e. The molecule has 1 saturated heterocycles. The summed E-state index contributed by atoms with van der Waals surface area (Å²) in [5, 5.41) is 0.640. The van der Waals surface area contributed by atoms with Crippen molar-refractivity contribution in [3.63, 3.8) is 0 Å². The molecule has 0 radical (unpaired) electrons. The molecule has 6 heteroatoms. The van der Waals surface area contributed by atoms with Gasteiger partial charge in [-0.15, -0.1) is 0 Å².